The minimum absolute atomic E-state index is 0.0204. The molecule has 1 amide bonds. The van der Waals surface area contributed by atoms with E-state index in [-0.39, 0.29) is 11.8 Å². The van der Waals surface area contributed by atoms with Gasteiger partial charge in [-0.3, -0.25) is 4.79 Å². The highest BCUT2D eigenvalue weighted by Crippen LogP contribution is 2.17. The number of carbonyl (C=O) groups excluding carboxylic acids is 1. The Kier molecular flexibility index (Phi) is 6.02. The van der Waals surface area contributed by atoms with Crippen LogP contribution in [0.5, 0.6) is 0 Å². The summed E-state index contributed by atoms with van der Waals surface area (Å²) in [4.78, 5) is 14.6. The topological polar surface area (TPSA) is 58.4 Å². The van der Waals surface area contributed by atoms with Gasteiger partial charge in [0, 0.05) is 19.1 Å². The Morgan fingerprint density at radius 2 is 2.22 bits per heavy atom. The number of rotatable bonds is 6. The molecule has 2 atom stereocenters. The predicted octanol–water partition coefficient (Wildman–Crippen LogP) is 1.15. The Morgan fingerprint density at radius 3 is 2.67 bits per heavy atom. The van der Waals surface area contributed by atoms with E-state index in [1.54, 1.807) is 0 Å². The molecule has 4 nitrogen and oxygen atoms in total. The van der Waals surface area contributed by atoms with Gasteiger partial charge in [-0.05, 0) is 39.2 Å². The normalized spacial score (nSPS) is 22.1. The molecule has 2 unspecified atom stereocenters. The first-order valence-corrected chi connectivity index (χ1v) is 7.17. The molecule has 18 heavy (non-hydrogen) atoms. The molecule has 104 valence electrons. The number of hydrogen-bond donors (Lipinski definition) is 2. The molecule has 3 N–H and O–H groups in total. The Bertz CT molecular complexity index is 307. The van der Waals surface area contributed by atoms with Gasteiger partial charge in [0.05, 0.1) is 10.9 Å². The molecule has 5 heteroatoms. The summed E-state index contributed by atoms with van der Waals surface area (Å²) in [6, 6.07) is 0.589. The fourth-order valence-electron chi connectivity index (χ4n) is 2.38. The van der Waals surface area contributed by atoms with E-state index in [4.69, 9.17) is 18.0 Å². The second kappa shape index (κ2) is 7.04. The lowest BCUT2D eigenvalue weighted by Crippen LogP contribution is -2.40. The second-order valence-electron chi connectivity index (χ2n) is 5.35. The number of hydrogen-bond acceptors (Lipinski definition) is 3. The molecule has 1 aliphatic rings. The van der Waals surface area contributed by atoms with E-state index >= 15 is 0 Å². The molecule has 1 saturated heterocycles. The number of thiocarbonyl (C=S) groups is 1. The van der Waals surface area contributed by atoms with E-state index in [0.717, 1.165) is 26.1 Å². The molecule has 1 fully saturated rings. The Labute approximate surface area is 115 Å². The first kappa shape index (κ1) is 15.4. The van der Waals surface area contributed by atoms with Crippen molar-refractivity contribution in [1.29, 1.82) is 0 Å². The summed E-state index contributed by atoms with van der Waals surface area (Å²) < 4.78 is 0. The molecule has 0 radical (unpaired) electrons. The molecule has 0 spiro atoms. The number of nitrogens with zero attached hydrogens (tertiary/aromatic N) is 1. The van der Waals surface area contributed by atoms with E-state index in [2.05, 4.69) is 24.1 Å². The molecule has 0 bridgehead atoms. The standard InChI is InChI=1S/C13H25N3OS/c1-4-11(12(14)18)13(17)15-7-10-5-6-16(8-10)9(2)3/h9-11H,4-8H2,1-3H3,(H2,14,18)(H,15,17). The quantitative estimate of drug-likeness (QED) is 0.712. The second-order valence-corrected chi connectivity index (χ2v) is 5.82. The third kappa shape index (κ3) is 4.21. The highest BCUT2D eigenvalue weighted by Gasteiger charge is 2.25. The first-order valence-electron chi connectivity index (χ1n) is 6.76. The molecule has 0 aromatic carbocycles. The van der Waals surface area contributed by atoms with Gasteiger partial charge in [-0.15, -0.1) is 0 Å². The van der Waals surface area contributed by atoms with Gasteiger partial charge >= 0.3 is 0 Å². The van der Waals surface area contributed by atoms with Crippen LogP contribution in [0.2, 0.25) is 0 Å². The molecular weight excluding hydrogens is 246 g/mol. The summed E-state index contributed by atoms with van der Waals surface area (Å²) in [5, 5.41) is 2.98. The van der Waals surface area contributed by atoms with Crippen LogP contribution < -0.4 is 11.1 Å². The van der Waals surface area contributed by atoms with Crippen LogP contribution in [-0.2, 0) is 4.79 Å². The molecule has 1 rings (SSSR count). The van der Waals surface area contributed by atoms with Crippen molar-refractivity contribution in [3.05, 3.63) is 0 Å². The van der Waals surface area contributed by atoms with Gasteiger partial charge < -0.3 is 16.0 Å². The Morgan fingerprint density at radius 1 is 1.56 bits per heavy atom. The Balaban J connectivity index is 2.33. The van der Waals surface area contributed by atoms with Gasteiger partial charge in [-0.25, -0.2) is 0 Å². The van der Waals surface area contributed by atoms with Crippen molar-refractivity contribution >= 4 is 23.1 Å². The average Bonchev–Trinajstić information content (AvgIpc) is 2.75. The third-order valence-electron chi connectivity index (χ3n) is 3.68. The zero-order valence-corrected chi connectivity index (χ0v) is 12.4. The van der Waals surface area contributed by atoms with Gasteiger partial charge in [0.2, 0.25) is 5.91 Å². The van der Waals surface area contributed by atoms with E-state index in [9.17, 15) is 4.79 Å². The number of nitrogens with two attached hydrogens (primary N) is 1. The molecule has 0 aromatic rings. The number of nitrogens with one attached hydrogen (secondary N) is 1. The predicted molar refractivity (Wildman–Crippen MR) is 78.4 cm³/mol. The number of carbonyl (C=O) groups is 1. The monoisotopic (exact) mass is 271 g/mol. The van der Waals surface area contributed by atoms with Crippen molar-refractivity contribution in [1.82, 2.24) is 10.2 Å². The first-order chi connectivity index (χ1) is 8.45. The van der Waals surface area contributed by atoms with E-state index in [1.807, 2.05) is 6.92 Å². The van der Waals surface area contributed by atoms with Crippen molar-refractivity contribution in [3.8, 4) is 0 Å². The maximum Gasteiger partial charge on any atom is 0.229 e. The molecule has 1 heterocycles. The van der Waals surface area contributed by atoms with Crippen LogP contribution in [0.4, 0.5) is 0 Å². The highest BCUT2D eigenvalue weighted by molar-refractivity contribution is 7.80. The summed E-state index contributed by atoms with van der Waals surface area (Å²) in [5.41, 5.74) is 5.56. The maximum absolute atomic E-state index is 11.9. The average molecular weight is 271 g/mol. The van der Waals surface area contributed by atoms with Crippen molar-refractivity contribution < 1.29 is 4.79 Å². The Hall–Kier alpha value is -0.680. The van der Waals surface area contributed by atoms with Crippen LogP contribution >= 0.6 is 12.2 Å². The zero-order valence-electron chi connectivity index (χ0n) is 11.6. The van der Waals surface area contributed by atoms with Crippen LogP contribution in [0.25, 0.3) is 0 Å². The smallest absolute Gasteiger partial charge is 0.229 e. The van der Waals surface area contributed by atoms with Gasteiger partial charge in [0.1, 0.15) is 0 Å². The van der Waals surface area contributed by atoms with Crippen LogP contribution in [0, 0.1) is 11.8 Å². The fraction of sp³-hybridized carbons (Fsp3) is 0.846. The van der Waals surface area contributed by atoms with E-state index < -0.39 is 0 Å². The van der Waals surface area contributed by atoms with Crippen LogP contribution in [-0.4, -0.2) is 41.5 Å². The third-order valence-corrected chi connectivity index (χ3v) is 3.97. The molecule has 1 aliphatic heterocycles. The summed E-state index contributed by atoms with van der Waals surface area (Å²) in [6.45, 7) is 9.29. The minimum atomic E-state index is -0.317. The lowest BCUT2D eigenvalue weighted by molar-refractivity contribution is -0.123. The summed E-state index contributed by atoms with van der Waals surface area (Å²) in [7, 11) is 0. The van der Waals surface area contributed by atoms with Gasteiger partial charge in [-0.1, -0.05) is 19.1 Å². The van der Waals surface area contributed by atoms with Crippen LogP contribution in [0.3, 0.4) is 0 Å². The highest BCUT2D eigenvalue weighted by atomic mass is 32.1. The summed E-state index contributed by atoms with van der Waals surface area (Å²) in [5.74, 6) is 0.218. The SMILES string of the molecule is CCC(C(=O)NCC1CCN(C(C)C)C1)C(N)=S. The number of amides is 1. The number of likely N-dealkylation sites (tertiary alicyclic amines) is 1. The van der Waals surface area contributed by atoms with Crippen molar-refractivity contribution in [2.45, 2.75) is 39.7 Å². The molecular formula is C13H25N3OS. The van der Waals surface area contributed by atoms with Crippen LogP contribution in [0.15, 0.2) is 0 Å². The van der Waals surface area contributed by atoms with E-state index in [1.165, 1.54) is 0 Å². The minimum Gasteiger partial charge on any atom is -0.393 e. The summed E-state index contributed by atoms with van der Waals surface area (Å²) in [6.07, 6.45) is 1.83. The zero-order chi connectivity index (χ0) is 13.7. The fourth-order valence-corrected chi connectivity index (χ4v) is 2.66. The van der Waals surface area contributed by atoms with Crippen molar-refractivity contribution in [2.75, 3.05) is 19.6 Å². The van der Waals surface area contributed by atoms with E-state index in [0.29, 0.717) is 23.4 Å². The molecule has 0 aliphatic carbocycles. The van der Waals surface area contributed by atoms with Crippen molar-refractivity contribution in [2.24, 2.45) is 17.6 Å². The van der Waals surface area contributed by atoms with Crippen molar-refractivity contribution in [3.63, 3.8) is 0 Å². The maximum atomic E-state index is 11.9. The largest absolute Gasteiger partial charge is 0.393 e. The lowest BCUT2D eigenvalue weighted by atomic mass is 10.0. The summed E-state index contributed by atoms with van der Waals surface area (Å²) >= 11 is 4.90. The van der Waals surface area contributed by atoms with Gasteiger partial charge in [0.25, 0.3) is 0 Å². The molecule has 0 aromatic heterocycles. The van der Waals surface area contributed by atoms with Gasteiger partial charge in [-0.2, -0.15) is 0 Å². The van der Waals surface area contributed by atoms with Crippen LogP contribution in [0.1, 0.15) is 33.6 Å². The molecule has 0 saturated carbocycles. The lowest BCUT2D eigenvalue weighted by Gasteiger charge is -2.20. The van der Waals surface area contributed by atoms with Gasteiger partial charge in [0.15, 0.2) is 0 Å².